The number of fused-ring (bicyclic) bond motifs is 1. The highest BCUT2D eigenvalue weighted by Crippen LogP contribution is 2.30. The molecule has 1 amide bonds. The maximum absolute atomic E-state index is 14.0. The summed E-state index contributed by atoms with van der Waals surface area (Å²) in [6.45, 7) is 4.21. The number of carbonyl (C=O) groups excluding carboxylic acids is 1. The highest BCUT2D eigenvalue weighted by molar-refractivity contribution is 7.15. The molecule has 4 aromatic rings. The molecule has 0 fully saturated rings. The van der Waals surface area contributed by atoms with E-state index in [1.165, 1.54) is 23.5 Å². The number of aromatic nitrogens is 1. The van der Waals surface area contributed by atoms with Crippen LogP contribution >= 0.6 is 11.3 Å². The number of aryl methyl sites for hydroxylation is 1. The molecule has 0 saturated heterocycles. The minimum Gasteiger partial charge on any atom is -0.490 e. The molecule has 2 heterocycles. The van der Waals surface area contributed by atoms with Gasteiger partial charge < -0.3 is 14.5 Å². The maximum atomic E-state index is 14.0. The van der Waals surface area contributed by atoms with E-state index < -0.39 is 11.5 Å². The summed E-state index contributed by atoms with van der Waals surface area (Å²) in [4.78, 5) is 30.2. The lowest BCUT2D eigenvalue weighted by molar-refractivity contribution is 0.0947. The van der Waals surface area contributed by atoms with E-state index in [-0.39, 0.29) is 17.9 Å². The Labute approximate surface area is 181 Å². The van der Waals surface area contributed by atoms with Crippen LogP contribution in [0.25, 0.3) is 21.5 Å². The lowest BCUT2D eigenvalue weighted by atomic mass is 10.1. The van der Waals surface area contributed by atoms with Gasteiger partial charge in [0.05, 0.1) is 18.8 Å². The van der Waals surface area contributed by atoms with Gasteiger partial charge in [0.25, 0.3) is 5.91 Å². The van der Waals surface area contributed by atoms with Crippen molar-refractivity contribution in [2.45, 2.75) is 20.4 Å². The largest absolute Gasteiger partial charge is 0.490 e. The van der Waals surface area contributed by atoms with Crippen molar-refractivity contribution < 1.29 is 18.3 Å². The predicted octanol–water partition coefficient (Wildman–Crippen LogP) is 4.69. The minimum atomic E-state index is -0.745. The molecule has 0 aliphatic heterocycles. The number of hydrogen-bond donors (Lipinski definition) is 1. The van der Waals surface area contributed by atoms with Crippen LogP contribution in [-0.4, -0.2) is 17.5 Å². The first-order valence-corrected chi connectivity index (χ1v) is 10.5. The summed E-state index contributed by atoms with van der Waals surface area (Å²) < 4.78 is 24.9. The number of para-hydroxylation sites is 1. The van der Waals surface area contributed by atoms with Gasteiger partial charge in [-0.15, -0.1) is 11.3 Å². The molecule has 0 saturated carbocycles. The molecular weight excluding hydrogens is 419 g/mol. The third kappa shape index (κ3) is 4.20. The van der Waals surface area contributed by atoms with Crippen LogP contribution in [0.5, 0.6) is 5.75 Å². The summed E-state index contributed by atoms with van der Waals surface area (Å²) in [6, 6.07) is 13.1. The SMILES string of the molecule is CCOc1cccc2cc(C(=O)NCc3sc(-c4ccccc4F)nc3C)c(=O)oc12. The van der Waals surface area contributed by atoms with Gasteiger partial charge in [-0.2, -0.15) is 0 Å². The molecule has 0 unspecified atom stereocenters. The van der Waals surface area contributed by atoms with Gasteiger partial charge in [-0.25, -0.2) is 14.2 Å². The second kappa shape index (κ2) is 8.69. The highest BCUT2D eigenvalue weighted by atomic mass is 32.1. The Morgan fingerprint density at radius 2 is 2.03 bits per heavy atom. The first-order chi connectivity index (χ1) is 15.0. The van der Waals surface area contributed by atoms with Crippen molar-refractivity contribution in [3.05, 3.63) is 80.9 Å². The first-order valence-electron chi connectivity index (χ1n) is 9.67. The number of hydrogen-bond acceptors (Lipinski definition) is 6. The molecule has 0 radical (unpaired) electrons. The molecule has 0 atom stereocenters. The quantitative estimate of drug-likeness (QED) is 0.442. The summed E-state index contributed by atoms with van der Waals surface area (Å²) in [5, 5.41) is 3.85. The van der Waals surface area contributed by atoms with Crippen molar-refractivity contribution >= 4 is 28.2 Å². The van der Waals surface area contributed by atoms with Crippen molar-refractivity contribution in [3.8, 4) is 16.3 Å². The van der Waals surface area contributed by atoms with Crippen LogP contribution in [-0.2, 0) is 6.54 Å². The number of ether oxygens (including phenoxy) is 1. The summed E-state index contributed by atoms with van der Waals surface area (Å²) in [6.07, 6.45) is 0. The van der Waals surface area contributed by atoms with Crippen LogP contribution in [0.2, 0.25) is 0 Å². The summed E-state index contributed by atoms with van der Waals surface area (Å²) in [7, 11) is 0. The van der Waals surface area contributed by atoms with E-state index in [2.05, 4.69) is 10.3 Å². The second-order valence-electron chi connectivity index (χ2n) is 6.75. The number of halogens is 1. The van der Waals surface area contributed by atoms with Crippen LogP contribution in [0.3, 0.4) is 0 Å². The Morgan fingerprint density at radius 3 is 2.81 bits per heavy atom. The monoisotopic (exact) mass is 438 g/mol. The van der Waals surface area contributed by atoms with E-state index in [4.69, 9.17) is 9.15 Å². The Morgan fingerprint density at radius 1 is 1.23 bits per heavy atom. The van der Waals surface area contributed by atoms with Crippen molar-refractivity contribution in [1.29, 1.82) is 0 Å². The van der Waals surface area contributed by atoms with Gasteiger partial charge >= 0.3 is 5.63 Å². The fourth-order valence-corrected chi connectivity index (χ4v) is 4.17. The Balaban J connectivity index is 1.56. The van der Waals surface area contributed by atoms with E-state index in [9.17, 15) is 14.0 Å². The van der Waals surface area contributed by atoms with E-state index in [1.54, 1.807) is 43.3 Å². The van der Waals surface area contributed by atoms with Crippen molar-refractivity contribution in [3.63, 3.8) is 0 Å². The number of thiazole rings is 1. The fourth-order valence-electron chi connectivity index (χ4n) is 3.14. The molecule has 4 rings (SSSR count). The molecule has 0 aliphatic rings. The topological polar surface area (TPSA) is 81.4 Å². The normalized spacial score (nSPS) is 10.9. The number of carbonyl (C=O) groups is 1. The number of amides is 1. The van der Waals surface area contributed by atoms with Crippen LogP contribution in [0.4, 0.5) is 4.39 Å². The van der Waals surface area contributed by atoms with Crippen molar-refractivity contribution in [1.82, 2.24) is 10.3 Å². The van der Waals surface area contributed by atoms with Gasteiger partial charge in [0.2, 0.25) is 0 Å². The first kappa shape index (κ1) is 20.7. The number of nitrogens with one attached hydrogen (secondary N) is 1. The molecule has 0 bridgehead atoms. The Bertz CT molecular complexity index is 1330. The zero-order valence-corrected chi connectivity index (χ0v) is 17.7. The molecule has 158 valence electrons. The Kier molecular flexibility index (Phi) is 5.81. The van der Waals surface area contributed by atoms with Gasteiger partial charge in [0.15, 0.2) is 11.3 Å². The van der Waals surface area contributed by atoms with Gasteiger partial charge in [-0.3, -0.25) is 4.79 Å². The molecule has 1 N–H and O–H groups in total. The molecule has 2 aromatic carbocycles. The van der Waals surface area contributed by atoms with E-state index >= 15 is 0 Å². The van der Waals surface area contributed by atoms with E-state index in [0.717, 1.165) is 4.88 Å². The molecule has 31 heavy (non-hydrogen) atoms. The average Bonchev–Trinajstić information content (AvgIpc) is 3.13. The van der Waals surface area contributed by atoms with Gasteiger partial charge in [-0.05, 0) is 38.1 Å². The average molecular weight is 438 g/mol. The number of rotatable bonds is 6. The van der Waals surface area contributed by atoms with Gasteiger partial charge in [0.1, 0.15) is 16.4 Å². The lowest BCUT2D eigenvalue weighted by Crippen LogP contribution is -2.27. The molecule has 2 aromatic heterocycles. The predicted molar refractivity (Wildman–Crippen MR) is 117 cm³/mol. The Hall–Kier alpha value is -3.52. The lowest BCUT2D eigenvalue weighted by Gasteiger charge is -2.07. The number of benzene rings is 2. The van der Waals surface area contributed by atoms with Crippen LogP contribution in [0, 0.1) is 12.7 Å². The zero-order chi connectivity index (χ0) is 22.0. The van der Waals surface area contributed by atoms with Crippen LogP contribution < -0.4 is 15.7 Å². The van der Waals surface area contributed by atoms with Crippen LogP contribution in [0.1, 0.15) is 27.9 Å². The van der Waals surface area contributed by atoms with Crippen molar-refractivity contribution in [2.75, 3.05) is 6.61 Å². The van der Waals surface area contributed by atoms with Gasteiger partial charge in [-0.1, -0.05) is 24.3 Å². The number of nitrogens with zero attached hydrogens (tertiary/aromatic N) is 1. The van der Waals surface area contributed by atoms with Gasteiger partial charge in [0, 0.05) is 15.8 Å². The second-order valence-corrected chi connectivity index (χ2v) is 7.83. The molecular formula is C23H19FN2O4S. The molecule has 0 spiro atoms. The highest BCUT2D eigenvalue weighted by Gasteiger charge is 2.17. The third-order valence-electron chi connectivity index (χ3n) is 4.67. The summed E-state index contributed by atoms with van der Waals surface area (Å²) in [5.41, 5.74) is 0.561. The zero-order valence-electron chi connectivity index (χ0n) is 16.9. The van der Waals surface area contributed by atoms with E-state index in [0.29, 0.717) is 39.6 Å². The standard InChI is InChI=1S/C23H19FN2O4S/c1-3-29-18-10-6-7-14-11-16(23(28)30-20(14)18)21(27)25-12-19-13(2)26-22(31-19)15-8-4-5-9-17(15)24/h4-11H,3,12H2,1-2H3,(H,25,27). The summed E-state index contributed by atoms with van der Waals surface area (Å²) in [5.74, 6) is -0.463. The minimum absolute atomic E-state index is 0.0994. The smallest absolute Gasteiger partial charge is 0.349 e. The molecule has 6 nitrogen and oxygen atoms in total. The maximum Gasteiger partial charge on any atom is 0.349 e. The summed E-state index contributed by atoms with van der Waals surface area (Å²) >= 11 is 1.29. The molecule has 8 heteroatoms. The van der Waals surface area contributed by atoms with E-state index in [1.807, 2.05) is 6.92 Å². The molecule has 0 aliphatic carbocycles. The van der Waals surface area contributed by atoms with Crippen LogP contribution in [0.15, 0.2) is 57.7 Å². The fraction of sp³-hybridized carbons (Fsp3) is 0.174. The third-order valence-corrected chi connectivity index (χ3v) is 5.87. The van der Waals surface area contributed by atoms with Crippen molar-refractivity contribution in [2.24, 2.45) is 0 Å².